The van der Waals surface area contributed by atoms with Crippen molar-refractivity contribution in [1.29, 1.82) is 0 Å². The number of carbonyl (C=O) groups is 1. The molecule has 1 N–H and O–H groups in total. The van der Waals surface area contributed by atoms with Crippen LogP contribution in [0.15, 0.2) is 36.5 Å². The summed E-state index contributed by atoms with van der Waals surface area (Å²) >= 11 is 0. The molecule has 1 aromatic carbocycles. The predicted molar refractivity (Wildman–Crippen MR) is 109 cm³/mol. The van der Waals surface area contributed by atoms with Crippen LogP contribution < -0.4 is 4.90 Å². The van der Waals surface area contributed by atoms with E-state index in [-0.39, 0.29) is 0 Å². The van der Waals surface area contributed by atoms with Gasteiger partial charge >= 0.3 is 6.09 Å². The highest BCUT2D eigenvalue weighted by molar-refractivity contribution is 5.90. The van der Waals surface area contributed by atoms with Crippen LogP contribution in [0.25, 0.3) is 22.6 Å². The molecule has 3 heterocycles. The minimum Gasteiger partial charge on any atom is -0.444 e. The van der Waals surface area contributed by atoms with Crippen LogP contribution in [0, 0.1) is 5.82 Å². The Kier molecular flexibility index (Phi) is 4.66. The number of aryl methyl sites for hydroxylation is 1. The van der Waals surface area contributed by atoms with Gasteiger partial charge in [0, 0.05) is 23.7 Å². The molecule has 0 spiro atoms. The number of aromatic nitrogens is 5. The Labute approximate surface area is 177 Å². The van der Waals surface area contributed by atoms with E-state index in [0.717, 1.165) is 12.8 Å². The third-order valence-electron chi connectivity index (χ3n) is 5.61. The largest absolute Gasteiger partial charge is 0.444 e. The smallest absolute Gasteiger partial charge is 0.414 e. The number of nitrogens with zero attached hydrogens (tertiary/aromatic N) is 6. The van der Waals surface area contributed by atoms with Crippen LogP contribution >= 0.6 is 0 Å². The molecule has 0 unspecified atom stereocenters. The van der Waals surface area contributed by atoms with Gasteiger partial charge in [0.15, 0.2) is 0 Å². The summed E-state index contributed by atoms with van der Waals surface area (Å²) in [5, 5.41) is 22.1. The number of ether oxygens (including phenoxy) is 1. The van der Waals surface area contributed by atoms with Crippen molar-refractivity contribution in [2.75, 3.05) is 11.4 Å². The number of hydrogen-bond acceptors (Lipinski definition) is 7. The number of carbonyl (C=O) groups excluding carboxylic acids is 1. The zero-order valence-electron chi connectivity index (χ0n) is 16.9. The quantitative estimate of drug-likeness (QED) is 0.648. The number of benzene rings is 1. The lowest BCUT2D eigenvalue weighted by atomic mass is 10.1. The lowest BCUT2D eigenvalue weighted by Crippen LogP contribution is -2.26. The number of aliphatic hydroxyl groups is 1. The summed E-state index contributed by atoms with van der Waals surface area (Å²) in [5.74, 6) is -0.0682. The third-order valence-corrected chi connectivity index (χ3v) is 5.61. The van der Waals surface area contributed by atoms with E-state index in [1.807, 2.05) is 6.92 Å². The van der Waals surface area contributed by atoms with E-state index >= 15 is 0 Å². The number of tetrazole rings is 1. The van der Waals surface area contributed by atoms with Crippen molar-refractivity contribution in [3.8, 4) is 22.6 Å². The summed E-state index contributed by atoms with van der Waals surface area (Å²) < 4.78 is 20.2. The van der Waals surface area contributed by atoms with Gasteiger partial charge < -0.3 is 9.84 Å². The summed E-state index contributed by atoms with van der Waals surface area (Å²) in [7, 11) is 0. The van der Waals surface area contributed by atoms with Crippen LogP contribution in [0.5, 0.6) is 0 Å². The molecule has 5 rings (SSSR count). The first-order chi connectivity index (χ1) is 14.9. The molecule has 160 valence electrons. The monoisotopic (exact) mass is 424 g/mol. The Hall–Kier alpha value is -3.40. The highest BCUT2D eigenvalue weighted by Crippen LogP contribution is 2.41. The van der Waals surface area contributed by atoms with Gasteiger partial charge in [-0.1, -0.05) is 6.07 Å². The van der Waals surface area contributed by atoms with E-state index in [0.29, 0.717) is 47.8 Å². The first-order valence-electron chi connectivity index (χ1n) is 10.2. The van der Waals surface area contributed by atoms with Gasteiger partial charge in [-0.25, -0.2) is 9.18 Å². The summed E-state index contributed by atoms with van der Waals surface area (Å²) in [4.78, 5) is 19.4. The number of amides is 1. The molecule has 0 radical (unpaired) electrons. The average molecular weight is 424 g/mol. The third kappa shape index (κ3) is 3.86. The molecular formula is C21H21FN6O3. The second kappa shape index (κ2) is 7.38. The van der Waals surface area contributed by atoms with Crippen molar-refractivity contribution in [3.63, 3.8) is 0 Å². The second-order valence-corrected chi connectivity index (χ2v) is 7.94. The molecule has 2 aliphatic rings. The number of cyclic esters (lactones) is 1. The summed E-state index contributed by atoms with van der Waals surface area (Å²) in [6.07, 6.45) is 2.50. The Bertz CT molecular complexity index is 1130. The van der Waals surface area contributed by atoms with Crippen LogP contribution in [0.2, 0.25) is 0 Å². The highest BCUT2D eigenvalue weighted by atomic mass is 19.1. The van der Waals surface area contributed by atoms with Gasteiger partial charge in [0.1, 0.15) is 17.6 Å². The molecule has 0 bridgehead atoms. The van der Waals surface area contributed by atoms with Crippen LogP contribution in [-0.2, 0) is 11.3 Å². The van der Waals surface area contributed by atoms with E-state index in [1.54, 1.807) is 30.5 Å². The second-order valence-electron chi connectivity index (χ2n) is 7.94. The Balaban J connectivity index is 1.33. The first kappa shape index (κ1) is 19.6. The van der Waals surface area contributed by atoms with Crippen molar-refractivity contribution in [2.45, 2.75) is 44.4 Å². The fraction of sp³-hybridized carbons (Fsp3) is 0.381. The maximum Gasteiger partial charge on any atom is 0.414 e. The number of halogens is 1. The molecule has 1 saturated carbocycles. The van der Waals surface area contributed by atoms with E-state index < -0.39 is 23.6 Å². The molecule has 1 amide bonds. The topological polar surface area (TPSA) is 106 Å². The lowest BCUT2D eigenvalue weighted by Gasteiger charge is -2.15. The molecular weight excluding hydrogens is 403 g/mol. The van der Waals surface area contributed by atoms with Crippen molar-refractivity contribution in [1.82, 2.24) is 25.2 Å². The lowest BCUT2D eigenvalue weighted by molar-refractivity contribution is 0.0705. The fourth-order valence-corrected chi connectivity index (χ4v) is 3.68. The van der Waals surface area contributed by atoms with Gasteiger partial charge in [0.05, 0.1) is 24.4 Å². The molecule has 3 aromatic rings. The predicted octanol–water partition coefficient (Wildman–Crippen LogP) is 2.80. The van der Waals surface area contributed by atoms with Crippen LogP contribution in [-0.4, -0.2) is 54.6 Å². The maximum absolute atomic E-state index is 14.9. The molecule has 2 aromatic heterocycles. The van der Waals surface area contributed by atoms with E-state index in [2.05, 4.69) is 20.4 Å². The molecule has 2 fully saturated rings. The summed E-state index contributed by atoms with van der Waals surface area (Å²) in [6.45, 7) is 2.81. The summed E-state index contributed by atoms with van der Waals surface area (Å²) in [6, 6.07) is 8.06. The molecule has 1 aliphatic carbocycles. The van der Waals surface area contributed by atoms with Crippen molar-refractivity contribution < 1.29 is 19.0 Å². The van der Waals surface area contributed by atoms with Gasteiger partial charge in [0.2, 0.25) is 5.82 Å². The van der Waals surface area contributed by atoms with Crippen molar-refractivity contribution in [2.24, 2.45) is 0 Å². The van der Waals surface area contributed by atoms with Crippen molar-refractivity contribution >= 4 is 11.8 Å². The SMILES string of the molecule is CCn1nnc(-c2ccc(-c3ccc(N4C[C@@H](CC5(O)CC5)OC4=O)cc3F)cn2)n1. The van der Waals surface area contributed by atoms with Crippen LogP contribution in [0.3, 0.4) is 0 Å². The standard InChI is InChI=1S/C21H21FN6O3/c1-2-28-25-19(24-26-28)18-6-3-13(11-23-18)16-5-4-14(9-17(16)22)27-12-15(31-20(27)29)10-21(30)7-8-21/h3-6,9,11,15,30H,2,7-8,10,12H2,1H3/t15-/m1/s1. The first-order valence-corrected chi connectivity index (χ1v) is 10.2. The zero-order valence-corrected chi connectivity index (χ0v) is 16.9. The van der Waals surface area contributed by atoms with Gasteiger partial charge in [-0.2, -0.15) is 4.80 Å². The number of pyridine rings is 1. The van der Waals surface area contributed by atoms with Gasteiger partial charge in [-0.3, -0.25) is 9.88 Å². The van der Waals surface area contributed by atoms with E-state index in [1.165, 1.54) is 15.8 Å². The van der Waals surface area contributed by atoms with Gasteiger partial charge in [-0.05, 0) is 49.2 Å². The van der Waals surface area contributed by atoms with Crippen LogP contribution in [0.1, 0.15) is 26.2 Å². The van der Waals surface area contributed by atoms with E-state index in [4.69, 9.17) is 4.74 Å². The Morgan fingerprint density at radius 1 is 1.29 bits per heavy atom. The molecule has 31 heavy (non-hydrogen) atoms. The molecule has 1 aliphatic heterocycles. The van der Waals surface area contributed by atoms with Gasteiger partial charge in [0.25, 0.3) is 0 Å². The summed E-state index contributed by atoms with van der Waals surface area (Å²) in [5.41, 5.74) is 1.21. The molecule has 1 atom stereocenters. The number of hydrogen-bond donors (Lipinski definition) is 1. The Morgan fingerprint density at radius 3 is 2.77 bits per heavy atom. The van der Waals surface area contributed by atoms with Crippen molar-refractivity contribution in [3.05, 3.63) is 42.3 Å². The molecule has 1 saturated heterocycles. The molecule has 10 heteroatoms. The highest BCUT2D eigenvalue weighted by Gasteiger charge is 2.46. The normalized spacial score (nSPS) is 19.5. The van der Waals surface area contributed by atoms with Crippen LogP contribution in [0.4, 0.5) is 14.9 Å². The molecule has 9 nitrogen and oxygen atoms in total. The number of anilines is 1. The fourth-order valence-electron chi connectivity index (χ4n) is 3.68. The maximum atomic E-state index is 14.9. The Morgan fingerprint density at radius 2 is 2.13 bits per heavy atom. The average Bonchev–Trinajstić information content (AvgIpc) is 3.15. The number of rotatable bonds is 6. The minimum absolute atomic E-state index is 0.293. The minimum atomic E-state index is -0.713. The van der Waals surface area contributed by atoms with E-state index in [9.17, 15) is 14.3 Å². The van der Waals surface area contributed by atoms with Gasteiger partial charge in [-0.15, -0.1) is 10.2 Å². The zero-order chi connectivity index (χ0) is 21.6.